The van der Waals surface area contributed by atoms with Crippen molar-refractivity contribution in [1.29, 1.82) is 0 Å². The van der Waals surface area contributed by atoms with Gasteiger partial charge in [-0.05, 0) is 65.6 Å². The van der Waals surface area contributed by atoms with Crippen molar-refractivity contribution < 1.29 is 0 Å². The van der Waals surface area contributed by atoms with E-state index in [0.29, 0.717) is 0 Å². The van der Waals surface area contributed by atoms with E-state index in [0.717, 1.165) is 37.6 Å². The molecule has 24 heavy (non-hydrogen) atoms. The summed E-state index contributed by atoms with van der Waals surface area (Å²) in [5, 5.41) is 0. The summed E-state index contributed by atoms with van der Waals surface area (Å²) in [6, 6.07) is 0. The van der Waals surface area contributed by atoms with Gasteiger partial charge in [-0.2, -0.15) is 0 Å². The summed E-state index contributed by atoms with van der Waals surface area (Å²) < 4.78 is 0. The molecule has 0 amide bonds. The van der Waals surface area contributed by atoms with Crippen molar-refractivity contribution in [3.05, 3.63) is 35.4 Å². The summed E-state index contributed by atoms with van der Waals surface area (Å²) in [4.78, 5) is 18.0. The molecular formula is C19H33N5. The number of aromatic nitrogens is 4. The fourth-order valence-electron chi connectivity index (χ4n) is 3.08. The molecule has 5 nitrogen and oxygen atoms in total. The van der Waals surface area contributed by atoms with Crippen molar-refractivity contribution in [2.75, 3.05) is 19.6 Å². The zero-order chi connectivity index (χ0) is 17.2. The Balaban J connectivity index is 1.70. The zero-order valence-corrected chi connectivity index (χ0v) is 15.6. The summed E-state index contributed by atoms with van der Waals surface area (Å²) in [6.07, 6.45) is 12.5. The fourth-order valence-corrected chi connectivity index (χ4v) is 3.08. The van der Waals surface area contributed by atoms with Gasteiger partial charge in [0.15, 0.2) is 0 Å². The summed E-state index contributed by atoms with van der Waals surface area (Å²) in [7, 11) is 0. The lowest BCUT2D eigenvalue weighted by Crippen LogP contribution is -2.28. The smallest absolute Gasteiger partial charge is 0.103 e. The molecule has 134 valence electrons. The molecule has 0 saturated carbocycles. The Labute approximate surface area is 146 Å². The minimum atomic E-state index is 1.01. The lowest BCUT2D eigenvalue weighted by Gasteiger charge is -2.22. The molecule has 2 heterocycles. The fraction of sp³-hybridized carbons (Fsp3) is 0.684. The van der Waals surface area contributed by atoms with Crippen LogP contribution in [0.4, 0.5) is 0 Å². The Morgan fingerprint density at radius 3 is 1.71 bits per heavy atom. The topological polar surface area (TPSA) is 60.6 Å². The van der Waals surface area contributed by atoms with Gasteiger partial charge in [0.2, 0.25) is 0 Å². The number of nitrogens with one attached hydrogen (secondary N) is 2. The lowest BCUT2D eigenvalue weighted by molar-refractivity contribution is 0.261. The lowest BCUT2D eigenvalue weighted by atomic mass is 10.2. The maximum Gasteiger partial charge on any atom is 0.103 e. The summed E-state index contributed by atoms with van der Waals surface area (Å²) in [5.41, 5.74) is 2.38. The number of nitrogens with zero attached hydrogens (tertiary/aromatic N) is 3. The zero-order valence-electron chi connectivity index (χ0n) is 15.6. The number of unbranched alkanes of at least 4 members (excludes halogenated alkanes) is 2. The van der Waals surface area contributed by atoms with Crippen molar-refractivity contribution in [3.63, 3.8) is 0 Å². The molecule has 0 aliphatic carbocycles. The van der Waals surface area contributed by atoms with Gasteiger partial charge in [0.05, 0.1) is 11.4 Å². The first-order valence-electron chi connectivity index (χ1n) is 9.41. The molecule has 0 aliphatic rings. The number of hydrogen-bond acceptors (Lipinski definition) is 3. The minimum Gasteiger partial charge on any atom is -0.349 e. The monoisotopic (exact) mass is 331 g/mol. The average Bonchev–Trinajstić information content (AvgIpc) is 3.15. The molecule has 0 bridgehead atoms. The van der Waals surface area contributed by atoms with E-state index in [1.165, 1.54) is 50.0 Å². The number of imidazole rings is 2. The summed E-state index contributed by atoms with van der Waals surface area (Å²) >= 11 is 0. The number of H-pyrrole nitrogens is 2. The van der Waals surface area contributed by atoms with E-state index in [2.05, 4.69) is 31.8 Å². The summed E-state index contributed by atoms with van der Waals surface area (Å²) in [6.45, 7) is 9.83. The highest BCUT2D eigenvalue weighted by molar-refractivity contribution is 5.00. The van der Waals surface area contributed by atoms with Crippen molar-refractivity contribution in [2.45, 2.75) is 65.7 Å². The van der Waals surface area contributed by atoms with Crippen LogP contribution >= 0.6 is 0 Å². The predicted octanol–water partition coefficient (Wildman–Crippen LogP) is 3.81. The average molecular weight is 332 g/mol. The molecular weight excluding hydrogens is 298 g/mol. The molecule has 0 fully saturated rings. The molecule has 0 unspecified atom stereocenters. The van der Waals surface area contributed by atoms with Gasteiger partial charge in [0, 0.05) is 12.4 Å². The molecule has 0 atom stereocenters. The van der Waals surface area contributed by atoms with Crippen molar-refractivity contribution in [1.82, 2.24) is 24.8 Å². The normalized spacial score (nSPS) is 11.5. The largest absolute Gasteiger partial charge is 0.349 e. The molecule has 2 aromatic rings. The van der Waals surface area contributed by atoms with Crippen LogP contribution in [0.1, 0.15) is 62.1 Å². The second-order valence-electron chi connectivity index (χ2n) is 6.71. The van der Waals surface area contributed by atoms with E-state index in [-0.39, 0.29) is 0 Å². The van der Waals surface area contributed by atoms with E-state index in [1.54, 1.807) is 0 Å². The van der Waals surface area contributed by atoms with Gasteiger partial charge in [-0.15, -0.1) is 0 Å². The van der Waals surface area contributed by atoms with Gasteiger partial charge in [-0.1, -0.05) is 19.8 Å². The van der Waals surface area contributed by atoms with Gasteiger partial charge >= 0.3 is 0 Å². The van der Waals surface area contributed by atoms with Crippen LogP contribution in [-0.2, 0) is 12.8 Å². The second-order valence-corrected chi connectivity index (χ2v) is 6.71. The highest BCUT2D eigenvalue weighted by Crippen LogP contribution is 2.07. The van der Waals surface area contributed by atoms with E-state index in [4.69, 9.17) is 0 Å². The molecule has 2 aromatic heterocycles. The minimum absolute atomic E-state index is 1.01. The first kappa shape index (κ1) is 18.7. The number of hydrogen-bond donors (Lipinski definition) is 2. The van der Waals surface area contributed by atoms with Gasteiger partial charge in [-0.3, -0.25) is 0 Å². The maximum absolute atomic E-state index is 4.50. The first-order valence-corrected chi connectivity index (χ1v) is 9.41. The van der Waals surface area contributed by atoms with Crippen LogP contribution in [0.3, 0.4) is 0 Å². The van der Waals surface area contributed by atoms with Gasteiger partial charge in [0.1, 0.15) is 11.6 Å². The van der Waals surface area contributed by atoms with Gasteiger partial charge in [-0.25, -0.2) is 9.97 Å². The SMILES string of the molecule is CCCCCN(CCCc1c[nH]c(C)n1)CCCc1c[nH]c(C)n1. The van der Waals surface area contributed by atoms with Crippen LogP contribution < -0.4 is 0 Å². The Morgan fingerprint density at radius 1 is 0.792 bits per heavy atom. The van der Waals surface area contributed by atoms with Crippen LogP contribution in [0.25, 0.3) is 0 Å². The van der Waals surface area contributed by atoms with E-state index >= 15 is 0 Å². The Morgan fingerprint density at radius 2 is 1.29 bits per heavy atom. The number of aromatic amines is 2. The molecule has 5 heteroatoms. The number of rotatable bonds is 12. The third kappa shape index (κ3) is 6.87. The van der Waals surface area contributed by atoms with Crippen molar-refractivity contribution in [3.8, 4) is 0 Å². The number of aryl methyl sites for hydroxylation is 4. The van der Waals surface area contributed by atoms with E-state index in [9.17, 15) is 0 Å². The first-order chi connectivity index (χ1) is 11.7. The van der Waals surface area contributed by atoms with Crippen LogP contribution in [0.15, 0.2) is 12.4 Å². The molecule has 0 radical (unpaired) electrons. The Kier molecular flexibility index (Phi) is 8.02. The van der Waals surface area contributed by atoms with E-state index < -0.39 is 0 Å². The van der Waals surface area contributed by atoms with Crippen LogP contribution in [0, 0.1) is 13.8 Å². The molecule has 0 saturated heterocycles. The van der Waals surface area contributed by atoms with Crippen LogP contribution in [0.5, 0.6) is 0 Å². The highest BCUT2D eigenvalue weighted by Gasteiger charge is 2.07. The third-order valence-electron chi connectivity index (χ3n) is 4.41. The van der Waals surface area contributed by atoms with Gasteiger partial charge < -0.3 is 14.9 Å². The summed E-state index contributed by atoms with van der Waals surface area (Å²) in [5.74, 6) is 2.03. The third-order valence-corrected chi connectivity index (χ3v) is 4.41. The van der Waals surface area contributed by atoms with Gasteiger partial charge in [0.25, 0.3) is 0 Å². The maximum atomic E-state index is 4.50. The Hall–Kier alpha value is -1.62. The predicted molar refractivity (Wildman–Crippen MR) is 99.3 cm³/mol. The highest BCUT2D eigenvalue weighted by atomic mass is 15.1. The standard InChI is InChI=1S/C19H33N5/c1-4-5-6-11-24(12-7-9-18-14-20-16(2)22-18)13-8-10-19-15-21-17(3)23-19/h14-15H,4-13H2,1-3H3,(H,20,22)(H,21,23). The van der Waals surface area contributed by atoms with Crippen LogP contribution in [-0.4, -0.2) is 44.5 Å². The van der Waals surface area contributed by atoms with Crippen molar-refractivity contribution in [2.24, 2.45) is 0 Å². The van der Waals surface area contributed by atoms with Crippen LogP contribution in [0.2, 0.25) is 0 Å². The molecule has 2 N–H and O–H groups in total. The van der Waals surface area contributed by atoms with Crippen molar-refractivity contribution >= 4 is 0 Å². The van der Waals surface area contributed by atoms with E-state index in [1.807, 2.05) is 26.2 Å². The molecule has 0 spiro atoms. The molecule has 0 aromatic carbocycles. The molecule has 0 aliphatic heterocycles. The molecule has 2 rings (SSSR count). The second kappa shape index (κ2) is 10.3. The quantitative estimate of drug-likeness (QED) is 0.581. The Bertz CT molecular complexity index is 526.